The van der Waals surface area contributed by atoms with E-state index < -0.39 is 0 Å². The topological polar surface area (TPSA) is 57.4 Å². The number of methoxy groups -OCH3 is 2. The van der Waals surface area contributed by atoms with Crippen LogP contribution in [0.15, 0.2) is 12.4 Å². The Morgan fingerprint density at radius 1 is 1.19 bits per heavy atom. The molecule has 0 bridgehead atoms. The Balaban J connectivity index is 3.09. The summed E-state index contributed by atoms with van der Waals surface area (Å²) in [5.74, 6) is 1.50. The normalized spacial score (nSPS) is 11.3. The van der Waals surface area contributed by atoms with Crippen LogP contribution in [0.1, 0.15) is 19.4 Å². The summed E-state index contributed by atoms with van der Waals surface area (Å²) in [7, 11) is 3.27. The van der Waals surface area contributed by atoms with Crippen molar-refractivity contribution in [2.75, 3.05) is 20.8 Å². The van der Waals surface area contributed by atoms with Crippen molar-refractivity contribution >= 4 is 0 Å². The van der Waals surface area contributed by atoms with Crippen molar-refractivity contribution in [2.24, 2.45) is 11.1 Å². The van der Waals surface area contributed by atoms with E-state index in [2.05, 4.69) is 18.8 Å². The van der Waals surface area contributed by atoms with E-state index in [0.717, 1.165) is 23.5 Å². The van der Waals surface area contributed by atoms with Crippen LogP contribution in [0.3, 0.4) is 0 Å². The third-order valence-corrected chi connectivity index (χ3v) is 2.63. The highest BCUT2D eigenvalue weighted by Crippen LogP contribution is 2.32. The first kappa shape index (κ1) is 12.8. The van der Waals surface area contributed by atoms with Gasteiger partial charge in [-0.2, -0.15) is 0 Å². The summed E-state index contributed by atoms with van der Waals surface area (Å²) in [6.07, 6.45) is 4.20. The first-order valence-corrected chi connectivity index (χ1v) is 5.29. The van der Waals surface area contributed by atoms with E-state index in [4.69, 9.17) is 15.2 Å². The number of hydrogen-bond donors (Lipinski definition) is 1. The molecule has 0 fully saturated rings. The second-order valence-corrected chi connectivity index (χ2v) is 4.57. The zero-order chi connectivity index (χ0) is 12.2. The van der Waals surface area contributed by atoms with Crippen LogP contribution in [0.4, 0.5) is 0 Å². The lowest BCUT2D eigenvalue weighted by atomic mass is 9.85. The molecule has 0 atom stereocenters. The molecule has 4 heteroatoms. The van der Waals surface area contributed by atoms with E-state index in [9.17, 15) is 0 Å². The number of aromatic nitrogens is 1. The molecule has 1 aromatic rings. The summed E-state index contributed by atoms with van der Waals surface area (Å²) in [6.45, 7) is 4.85. The number of nitrogens with two attached hydrogens (primary N) is 1. The Bertz CT molecular complexity index is 329. The lowest BCUT2D eigenvalue weighted by molar-refractivity contribution is 0.339. The van der Waals surface area contributed by atoms with E-state index in [0.29, 0.717) is 6.54 Å². The maximum atomic E-state index is 5.74. The van der Waals surface area contributed by atoms with E-state index in [1.165, 1.54) is 0 Å². The third kappa shape index (κ3) is 2.85. The van der Waals surface area contributed by atoms with E-state index in [-0.39, 0.29) is 5.41 Å². The summed E-state index contributed by atoms with van der Waals surface area (Å²) >= 11 is 0. The Labute approximate surface area is 96.8 Å². The minimum atomic E-state index is 0.0158. The van der Waals surface area contributed by atoms with Crippen LogP contribution in [-0.2, 0) is 6.42 Å². The molecule has 4 nitrogen and oxygen atoms in total. The molecular weight excluding hydrogens is 204 g/mol. The van der Waals surface area contributed by atoms with Crippen molar-refractivity contribution < 1.29 is 9.47 Å². The molecular formula is C12H20N2O2. The standard InChI is InChI=1S/C12H20N2O2/c1-12(2,8-13)5-9-10(15-3)6-14-7-11(9)16-4/h6-7H,5,8,13H2,1-4H3. The molecule has 0 unspecified atom stereocenters. The van der Waals surface area contributed by atoms with E-state index in [1.807, 2.05) is 0 Å². The Kier molecular flexibility index (Phi) is 4.12. The minimum absolute atomic E-state index is 0.0158. The molecule has 90 valence electrons. The predicted octanol–water partition coefficient (Wildman–Crippen LogP) is 1.63. The van der Waals surface area contributed by atoms with Crippen molar-refractivity contribution in [1.29, 1.82) is 0 Å². The Morgan fingerprint density at radius 2 is 1.69 bits per heavy atom. The minimum Gasteiger partial charge on any atom is -0.495 e. The molecule has 0 aliphatic rings. The predicted molar refractivity (Wildman–Crippen MR) is 63.9 cm³/mol. The van der Waals surface area contributed by atoms with Crippen molar-refractivity contribution in [2.45, 2.75) is 20.3 Å². The number of pyridine rings is 1. The number of nitrogens with zero attached hydrogens (tertiary/aromatic N) is 1. The first-order valence-electron chi connectivity index (χ1n) is 5.29. The lowest BCUT2D eigenvalue weighted by Crippen LogP contribution is -2.26. The van der Waals surface area contributed by atoms with Crippen LogP contribution in [0.25, 0.3) is 0 Å². The van der Waals surface area contributed by atoms with Crippen LogP contribution in [-0.4, -0.2) is 25.7 Å². The third-order valence-electron chi connectivity index (χ3n) is 2.63. The molecule has 1 aromatic heterocycles. The van der Waals surface area contributed by atoms with Gasteiger partial charge in [0, 0.05) is 5.56 Å². The van der Waals surface area contributed by atoms with Crippen molar-refractivity contribution in [3.63, 3.8) is 0 Å². The van der Waals surface area contributed by atoms with Crippen LogP contribution in [0.5, 0.6) is 11.5 Å². The van der Waals surface area contributed by atoms with Gasteiger partial charge in [-0.25, -0.2) is 0 Å². The largest absolute Gasteiger partial charge is 0.495 e. The van der Waals surface area contributed by atoms with Crippen molar-refractivity contribution in [1.82, 2.24) is 4.98 Å². The summed E-state index contributed by atoms with van der Waals surface area (Å²) < 4.78 is 10.6. The van der Waals surface area contributed by atoms with Gasteiger partial charge in [-0.3, -0.25) is 4.98 Å². The fourth-order valence-electron chi connectivity index (χ4n) is 1.53. The molecule has 0 aliphatic heterocycles. The van der Waals surface area contributed by atoms with Gasteiger partial charge in [0.25, 0.3) is 0 Å². The van der Waals surface area contributed by atoms with Gasteiger partial charge in [0.15, 0.2) is 0 Å². The second kappa shape index (κ2) is 5.16. The van der Waals surface area contributed by atoms with Crippen LogP contribution in [0, 0.1) is 5.41 Å². The van der Waals surface area contributed by atoms with Gasteiger partial charge in [0.05, 0.1) is 26.6 Å². The van der Waals surface area contributed by atoms with Crippen molar-refractivity contribution in [3.8, 4) is 11.5 Å². The number of ether oxygens (including phenoxy) is 2. The van der Waals surface area contributed by atoms with E-state index >= 15 is 0 Å². The van der Waals surface area contributed by atoms with Crippen molar-refractivity contribution in [3.05, 3.63) is 18.0 Å². The molecule has 1 heterocycles. The molecule has 16 heavy (non-hydrogen) atoms. The van der Waals surface area contributed by atoms with Gasteiger partial charge in [-0.1, -0.05) is 13.8 Å². The second-order valence-electron chi connectivity index (χ2n) is 4.57. The Hall–Kier alpha value is -1.29. The number of hydrogen-bond acceptors (Lipinski definition) is 4. The molecule has 0 saturated carbocycles. The quantitative estimate of drug-likeness (QED) is 0.825. The fraction of sp³-hybridized carbons (Fsp3) is 0.583. The van der Waals surface area contributed by atoms with E-state index in [1.54, 1.807) is 26.6 Å². The van der Waals surface area contributed by atoms with Gasteiger partial charge in [0.1, 0.15) is 11.5 Å². The molecule has 0 amide bonds. The Morgan fingerprint density at radius 3 is 2.06 bits per heavy atom. The smallest absolute Gasteiger partial charge is 0.144 e. The van der Waals surface area contributed by atoms with Crippen LogP contribution >= 0.6 is 0 Å². The number of rotatable bonds is 5. The van der Waals surface area contributed by atoms with Crippen LogP contribution < -0.4 is 15.2 Å². The van der Waals surface area contributed by atoms with Gasteiger partial charge in [-0.15, -0.1) is 0 Å². The summed E-state index contributed by atoms with van der Waals surface area (Å²) in [5, 5.41) is 0. The molecule has 0 spiro atoms. The summed E-state index contributed by atoms with van der Waals surface area (Å²) in [6, 6.07) is 0. The molecule has 0 saturated heterocycles. The average Bonchev–Trinajstić information content (AvgIpc) is 2.29. The van der Waals surface area contributed by atoms with Gasteiger partial charge in [-0.05, 0) is 18.4 Å². The summed E-state index contributed by atoms with van der Waals surface area (Å²) in [4.78, 5) is 4.06. The lowest BCUT2D eigenvalue weighted by Gasteiger charge is -2.24. The maximum Gasteiger partial charge on any atom is 0.144 e. The molecule has 0 radical (unpaired) electrons. The zero-order valence-corrected chi connectivity index (χ0v) is 10.4. The monoisotopic (exact) mass is 224 g/mol. The molecule has 0 aliphatic carbocycles. The SMILES string of the molecule is COc1cncc(OC)c1CC(C)(C)CN. The highest BCUT2D eigenvalue weighted by Gasteiger charge is 2.21. The highest BCUT2D eigenvalue weighted by molar-refractivity contribution is 5.42. The molecule has 1 rings (SSSR count). The van der Waals surface area contributed by atoms with Crippen LogP contribution in [0.2, 0.25) is 0 Å². The zero-order valence-electron chi connectivity index (χ0n) is 10.4. The first-order chi connectivity index (χ1) is 7.54. The highest BCUT2D eigenvalue weighted by atomic mass is 16.5. The van der Waals surface area contributed by atoms with Gasteiger partial charge in [0.2, 0.25) is 0 Å². The summed E-state index contributed by atoms with van der Waals surface area (Å²) in [5.41, 5.74) is 6.78. The average molecular weight is 224 g/mol. The van der Waals surface area contributed by atoms with Gasteiger partial charge < -0.3 is 15.2 Å². The van der Waals surface area contributed by atoms with Gasteiger partial charge >= 0.3 is 0 Å². The molecule has 0 aromatic carbocycles. The fourth-order valence-corrected chi connectivity index (χ4v) is 1.53. The maximum absolute atomic E-state index is 5.74. The molecule has 2 N–H and O–H groups in total.